The van der Waals surface area contributed by atoms with Gasteiger partial charge in [-0.15, -0.1) is 0 Å². The molecule has 0 aliphatic rings. The van der Waals surface area contributed by atoms with Crippen LogP contribution in [-0.2, 0) is 16.0 Å². The smallest absolute Gasteiger partial charge is 0.313 e. The summed E-state index contributed by atoms with van der Waals surface area (Å²) in [5.74, 6) is 0.338. The Labute approximate surface area is 187 Å². The number of hydrogen-bond acceptors (Lipinski definition) is 6. The summed E-state index contributed by atoms with van der Waals surface area (Å²) in [4.78, 5) is 21.8. The summed E-state index contributed by atoms with van der Waals surface area (Å²) in [6.07, 6.45) is 2.15. The third-order valence-corrected chi connectivity index (χ3v) is 5.04. The topological polar surface area (TPSA) is 76.1 Å². The Balaban J connectivity index is 1.68. The average Bonchev–Trinajstić information content (AvgIpc) is 2.85. The van der Waals surface area contributed by atoms with Gasteiger partial charge in [-0.25, -0.2) is 4.98 Å². The molecule has 3 aromatic carbocycles. The van der Waals surface area contributed by atoms with E-state index in [2.05, 4.69) is 15.6 Å². The largest absolute Gasteiger partial charge is 0.469 e. The van der Waals surface area contributed by atoms with E-state index in [1.54, 1.807) is 6.20 Å². The van der Waals surface area contributed by atoms with Gasteiger partial charge in [-0.2, -0.15) is 4.98 Å². The highest BCUT2D eigenvalue weighted by atomic mass is 16.5. The highest BCUT2D eigenvalue weighted by Crippen LogP contribution is 2.28. The van der Waals surface area contributed by atoms with Gasteiger partial charge in [0.25, 0.3) is 0 Å². The van der Waals surface area contributed by atoms with E-state index in [1.807, 2.05) is 91.0 Å². The number of rotatable bonds is 8. The number of carbonyl (C=O) groups is 1. The van der Waals surface area contributed by atoms with Crippen molar-refractivity contribution < 1.29 is 9.53 Å². The molecule has 0 amide bonds. The van der Waals surface area contributed by atoms with Crippen LogP contribution in [-0.4, -0.2) is 23.0 Å². The Hall–Kier alpha value is -4.19. The fraction of sp³-hybridized carbons (Fsp3) is 0.115. The van der Waals surface area contributed by atoms with Crippen LogP contribution in [0.5, 0.6) is 0 Å². The molecule has 0 bridgehead atoms. The van der Waals surface area contributed by atoms with Crippen molar-refractivity contribution in [2.75, 3.05) is 17.7 Å². The number of benzene rings is 3. The van der Waals surface area contributed by atoms with Crippen molar-refractivity contribution in [2.45, 2.75) is 12.3 Å². The van der Waals surface area contributed by atoms with Gasteiger partial charge in [0.15, 0.2) is 0 Å². The molecule has 0 fully saturated rings. The first-order valence-electron chi connectivity index (χ1n) is 10.4. The molecular weight excluding hydrogens is 400 g/mol. The molecule has 1 aromatic heterocycles. The number of carbonyl (C=O) groups excluding carboxylic acids is 1. The van der Waals surface area contributed by atoms with Crippen molar-refractivity contribution in [3.63, 3.8) is 0 Å². The van der Waals surface area contributed by atoms with Crippen LogP contribution in [0.15, 0.2) is 97.2 Å². The summed E-state index contributed by atoms with van der Waals surface area (Å²) in [6, 6.07) is 29.1. The number of nitrogens with one attached hydrogen (secondary N) is 2. The maximum Gasteiger partial charge on any atom is 0.313 e. The molecule has 0 aliphatic heterocycles. The van der Waals surface area contributed by atoms with E-state index >= 15 is 0 Å². The predicted molar refractivity (Wildman–Crippen MR) is 126 cm³/mol. The first-order chi connectivity index (χ1) is 15.7. The molecule has 4 rings (SSSR count). The Morgan fingerprint density at radius 3 is 2.00 bits per heavy atom. The number of esters is 1. The van der Waals surface area contributed by atoms with Crippen LogP contribution < -0.4 is 10.6 Å². The summed E-state index contributed by atoms with van der Waals surface area (Å²) in [6.45, 7) is 0. The van der Waals surface area contributed by atoms with Crippen LogP contribution >= 0.6 is 0 Å². The minimum absolute atomic E-state index is 0.298. The fourth-order valence-corrected chi connectivity index (χ4v) is 3.42. The minimum Gasteiger partial charge on any atom is -0.469 e. The molecule has 32 heavy (non-hydrogen) atoms. The molecule has 1 unspecified atom stereocenters. The molecule has 1 atom stereocenters. The Morgan fingerprint density at radius 1 is 0.844 bits per heavy atom. The van der Waals surface area contributed by atoms with Crippen LogP contribution in [0.25, 0.3) is 0 Å². The van der Waals surface area contributed by atoms with Gasteiger partial charge in [-0.05, 0) is 36.2 Å². The van der Waals surface area contributed by atoms with Gasteiger partial charge in [-0.3, -0.25) is 4.79 Å². The van der Waals surface area contributed by atoms with E-state index in [1.165, 1.54) is 7.11 Å². The lowest BCUT2D eigenvalue weighted by Crippen LogP contribution is -2.18. The van der Waals surface area contributed by atoms with Crippen LogP contribution in [0.4, 0.5) is 23.1 Å². The maximum absolute atomic E-state index is 12.6. The quantitative estimate of drug-likeness (QED) is 0.366. The van der Waals surface area contributed by atoms with E-state index in [0.717, 1.165) is 22.5 Å². The fourth-order valence-electron chi connectivity index (χ4n) is 3.42. The second-order valence-corrected chi connectivity index (χ2v) is 7.24. The molecule has 0 aliphatic carbocycles. The van der Waals surface area contributed by atoms with Crippen molar-refractivity contribution in [1.82, 2.24) is 9.97 Å². The van der Waals surface area contributed by atoms with Gasteiger partial charge in [0, 0.05) is 23.1 Å². The lowest BCUT2D eigenvalue weighted by Gasteiger charge is -2.18. The Morgan fingerprint density at radius 2 is 1.41 bits per heavy atom. The molecule has 1 heterocycles. The molecule has 4 aromatic rings. The second-order valence-electron chi connectivity index (χ2n) is 7.24. The van der Waals surface area contributed by atoms with E-state index in [0.29, 0.717) is 18.2 Å². The highest BCUT2D eigenvalue weighted by Gasteiger charge is 2.24. The van der Waals surface area contributed by atoms with Crippen molar-refractivity contribution in [3.8, 4) is 0 Å². The number of para-hydroxylation sites is 2. The highest BCUT2D eigenvalue weighted by molar-refractivity contribution is 5.79. The van der Waals surface area contributed by atoms with Gasteiger partial charge >= 0.3 is 5.97 Å². The average molecular weight is 425 g/mol. The van der Waals surface area contributed by atoms with Crippen molar-refractivity contribution in [1.29, 1.82) is 0 Å². The van der Waals surface area contributed by atoms with E-state index in [4.69, 9.17) is 9.72 Å². The van der Waals surface area contributed by atoms with E-state index in [-0.39, 0.29) is 5.97 Å². The van der Waals surface area contributed by atoms with Gasteiger partial charge in [-0.1, -0.05) is 66.7 Å². The molecule has 2 N–H and O–H groups in total. The van der Waals surface area contributed by atoms with Gasteiger partial charge < -0.3 is 15.4 Å². The molecule has 0 spiro atoms. The van der Waals surface area contributed by atoms with Gasteiger partial charge in [0.2, 0.25) is 5.95 Å². The van der Waals surface area contributed by atoms with Crippen molar-refractivity contribution >= 4 is 29.1 Å². The van der Waals surface area contributed by atoms with E-state index < -0.39 is 5.92 Å². The molecule has 160 valence electrons. The monoisotopic (exact) mass is 424 g/mol. The molecule has 0 saturated carbocycles. The second kappa shape index (κ2) is 10.2. The molecule has 6 heteroatoms. The first kappa shape index (κ1) is 21.1. The number of nitrogens with zero attached hydrogens (tertiary/aromatic N) is 2. The number of ether oxygens (including phenoxy) is 1. The Bertz CT molecular complexity index is 1150. The number of hydrogen-bond donors (Lipinski definition) is 2. The van der Waals surface area contributed by atoms with Crippen molar-refractivity contribution in [3.05, 3.63) is 108 Å². The summed E-state index contributed by atoms with van der Waals surface area (Å²) >= 11 is 0. The predicted octanol–water partition coefficient (Wildman–Crippen LogP) is 5.46. The molecular formula is C26H24N4O2. The zero-order valence-corrected chi connectivity index (χ0v) is 17.7. The molecule has 0 saturated heterocycles. The van der Waals surface area contributed by atoms with Crippen molar-refractivity contribution in [2.24, 2.45) is 0 Å². The summed E-state index contributed by atoms with van der Waals surface area (Å²) in [5.41, 5.74) is 3.48. The number of methoxy groups -OCH3 is 1. The SMILES string of the molecule is COC(=O)C(Cc1cnc(Nc2ccccc2)nc1Nc1ccccc1)c1ccccc1. The zero-order valence-electron chi connectivity index (χ0n) is 17.7. The van der Waals surface area contributed by atoms with Gasteiger partial charge in [0.1, 0.15) is 5.82 Å². The normalized spacial score (nSPS) is 11.4. The minimum atomic E-state index is -0.464. The third-order valence-electron chi connectivity index (χ3n) is 5.04. The third kappa shape index (κ3) is 5.29. The van der Waals surface area contributed by atoms with E-state index in [9.17, 15) is 4.79 Å². The maximum atomic E-state index is 12.6. The van der Waals surface area contributed by atoms with Crippen LogP contribution in [0.1, 0.15) is 17.0 Å². The summed E-state index contributed by atoms with van der Waals surface area (Å²) in [7, 11) is 1.41. The lowest BCUT2D eigenvalue weighted by molar-refractivity contribution is -0.142. The van der Waals surface area contributed by atoms with Gasteiger partial charge in [0.05, 0.1) is 13.0 Å². The molecule has 6 nitrogen and oxygen atoms in total. The van der Waals surface area contributed by atoms with Crippen LogP contribution in [0, 0.1) is 0 Å². The zero-order chi connectivity index (χ0) is 22.2. The summed E-state index contributed by atoms with van der Waals surface area (Å²) in [5, 5.41) is 6.59. The summed E-state index contributed by atoms with van der Waals surface area (Å²) < 4.78 is 5.09. The first-order valence-corrected chi connectivity index (χ1v) is 10.4. The number of anilines is 4. The Kier molecular flexibility index (Phi) is 6.72. The van der Waals surface area contributed by atoms with Crippen LogP contribution in [0.2, 0.25) is 0 Å². The molecule has 0 radical (unpaired) electrons. The number of aromatic nitrogens is 2. The lowest BCUT2D eigenvalue weighted by atomic mass is 9.92. The standard InChI is InChI=1S/C26H24N4O2/c1-32-25(31)23(19-11-5-2-6-12-19)17-20-18-27-26(29-22-15-9-4-10-16-22)30-24(20)28-21-13-7-3-8-14-21/h2-16,18,23H,17H2,1H3,(H2,27,28,29,30). The van der Waals surface area contributed by atoms with Crippen LogP contribution in [0.3, 0.4) is 0 Å².